The summed E-state index contributed by atoms with van der Waals surface area (Å²) in [6.45, 7) is 0. The average Bonchev–Trinajstić information content (AvgIpc) is 3.40. The molecule has 0 aliphatic rings. The fourth-order valence-electron chi connectivity index (χ4n) is 3.43. The molecular formula is C27H25N3O5S2. The smallest absolute Gasteiger partial charge is 0.263 e. The number of nitrogens with one attached hydrogen (secondary N) is 2. The number of ether oxygens (including phenoxy) is 3. The average molecular weight is 536 g/mol. The van der Waals surface area contributed by atoms with Gasteiger partial charge in [0.15, 0.2) is 5.13 Å². The minimum atomic E-state index is -0.341. The molecule has 0 saturated carbocycles. The van der Waals surface area contributed by atoms with Gasteiger partial charge in [-0.2, -0.15) is 0 Å². The van der Waals surface area contributed by atoms with Gasteiger partial charge in [0.1, 0.15) is 22.8 Å². The van der Waals surface area contributed by atoms with Gasteiger partial charge >= 0.3 is 0 Å². The molecule has 0 saturated heterocycles. The van der Waals surface area contributed by atoms with Gasteiger partial charge in [0.05, 0.1) is 32.8 Å². The summed E-state index contributed by atoms with van der Waals surface area (Å²) in [6.07, 6.45) is 0. The number of rotatable bonds is 10. The normalized spacial score (nSPS) is 10.5. The summed E-state index contributed by atoms with van der Waals surface area (Å²) in [4.78, 5) is 30.7. The Bertz CT molecular complexity index is 1350. The van der Waals surface area contributed by atoms with Crippen LogP contribution in [0, 0.1) is 0 Å². The molecule has 3 aromatic carbocycles. The number of amides is 2. The zero-order valence-corrected chi connectivity index (χ0v) is 22.1. The second-order valence-corrected chi connectivity index (χ2v) is 9.53. The Morgan fingerprint density at radius 3 is 2.16 bits per heavy atom. The van der Waals surface area contributed by atoms with Crippen LogP contribution in [-0.2, 0) is 4.79 Å². The van der Waals surface area contributed by atoms with E-state index in [1.807, 2.05) is 41.8 Å². The largest absolute Gasteiger partial charge is 0.497 e. The summed E-state index contributed by atoms with van der Waals surface area (Å²) in [5.74, 6) is 1.35. The Hall–Kier alpha value is -4.02. The highest BCUT2D eigenvalue weighted by atomic mass is 32.2. The van der Waals surface area contributed by atoms with Crippen molar-refractivity contribution in [3.05, 3.63) is 77.7 Å². The maximum absolute atomic E-state index is 12.8. The summed E-state index contributed by atoms with van der Waals surface area (Å²) in [5, 5.41) is 8.14. The molecule has 4 rings (SSSR count). The second-order valence-electron chi connectivity index (χ2n) is 7.62. The quantitative estimate of drug-likeness (QED) is 0.247. The Balaban J connectivity index is 1.30. The van der Waals surface area contributed by atoms with E-state index in [1.165, 1.54) is 37.3 Å². The standard InChI is InChI=1S/C27H25N3O5S2/c1-33-19-11-7-17(8-12-19)21-15-37-27(29-21)30-24(31)16-36-20-13-9-18(10-14-20)28-26(32)25-22(34-2)5-4-6-23(25)35-3/h4-15H,16H2,1-3H3,(H,28,32)(H,29,30,31). The van der Waals surface area contributed by atoms with E-state index < -0.39 is 0 Å². The molecule has 0 aliphatic carbocycles. The molecule has 1 aromatic heterocycles. The topological polar surface area (TPSA) is 98.8 Å². The van der Waals surface area contributed by atoms with E-state index in [9.17, 15) is 9.59 Å². The first-order chi connectivity index (χ1) is 18.0. The van der Waals surface area contributed by atoms with Crippen LogP contribution in [0.15, 0.2) is 77.0 Å². The number of anilines is 2. The van der Waals surface area contributed by atoms with E-state index in [0.717, 1.165) is 21.9 Å². The number of methoxy groups -OCH3 is 3. The first-order valence-electron chi connectivity index (χ1n) is 11.2. The Kier molecular flexibility index (Phi) is 8.65. The van der Waals surface area contributed by atoms with Crippen molar-refractivity contribution in [2.24, 2.45) is 0 Å². The molecule has 0 aliphatic heterocycles. The van der Waals surface area contributed by atoms with Crippen molar-refractivity contribution in [3.63, 3.8) is 0 Å². The maximum atomic E-state index is 12.8. The molecule has 190 valence electrons. The molecule has 0 radical (unpaired) electrons. The zero-order chi connectivity index (χ0) is 26.2. The number of thiazole rings is 1. The van der Waals surface area contributed by atoms with Crippen molar-refractivity contribution >= 4 is 45.7 Å². The first kappa shape index (κ1) is 26.1. The number of hydrogen-bond acceptors (Lipinski definition) is 8. The van der Waals surface area contributed by atoms with Gasteiger partial charge in [0.25, 0.3) is 5.91 Å². The van der Waals surface area contributed by atoms with Crippen LogP contribution in [-0.4, -0.2) is 43.9 Å². The van der Waals surface area contributed by atoms with Gasteiger partial charge in [-0.15, -0.1) is 23.1 Å². The van der Waals surface area contributed by atoms with Gasteiger partial charge < -0.3 is 24.8 Å². The number of thioether (sulfide) groups is 1. The molecule has 1 heterocycles. The summed E-state index contributed by atoms with van der Waals surface area (Å²) in [7, 11) is 4.63. The lowest BCUT2D eigenvalue weighted by Crippen LogP contribution is -2.14. The number of hydrogen-bond donors (Lipinski definition) is 2. The highest BCUT2D eigenvalue weighted by Gasteiger charge is 2.18. The van der Waals surface area contributed by atoms with Crippen LogP contribution in [0.25, 0.3) is 11.3 Å². The molecule has 0 atom stereocenters. The lowest BCUT2D eigenvalue weighted by molar-refractivity contribution is -0.113. The molecule has 37 heavy (non-hydrogen) atoms. The molecule has 2 N–H and O–H groups in total. The molecular weight excluding hydrogens is 510 g/mol. The maximum Gasteiger partial charge on any atom is 0.263 e. The van der Waals surface area contributed by atoms with Crippen molar-refractivity contribution in [3.8, 4) is 28.5 Å². The predicted molar refractivity (Wildman–Crippen MR) is 147 cm³/mol. The van der Waals surface area contributed by atoms with E-state index in [-0.39, 0.29) is 17.6 Å². The monoisotopic (exact) mass is 535 g/mol. The third-order valence-electron chi connectivity index (χ3n) is 5.27. The summed E-state index contributed by atoms with van der Waals surface area (Å²) >= 11 is 2.76. The van der Waals surface area contributed by atoms with Crippen molar-refractivity contribution in [1.29, 1.82) is 0 Å². The molecule has 2 amide bonds. The highest BCUT2D eigenvalue weighted by molar-refractivity contribution is 8.00. The van der Waals surface area contributed by atoms with Crippen LogP contribution in [0.2, 0.25) is 0 Å². The SMILES string of the molecule is COc1ccc(-c2csc(NC(=O)CSc3ccc(NC(=O)c4c(OC)cccc4OC)cc3)n2)cc1. The fraction of sp³-hybridized carbons (Fsp3) is 0.148. The lowest BCUT2D eigenvalue weighted by atomic mass is 10.1. The molecule has 0 bridgehead atoms. The number of nitrogens with zero attached hydrogens (tertiary/aromatic N) is 1. The van der Waals surface area contributed by atoms with Crippen LogP contribution >= 0.6 is 23.1 Å². The van der Waals surface area contributed by atoms with Crippen LogP contribution in [0.4, 0.5) is 10.8 Å². The Morgan fingerprint density at radius 2 is 1.54 bits per heavy atom. The van der Waals surface area contributed by atoms with Gasteiger partial charge in [-0.25, -0.2) is 4.98 Å². The molecule has 0 fully saturated rings. The van der Waals surface area contributed by atoms with Gasteiger partial charge in [0, 0.05) is 21.5 Å². The van der Waals surface area contributed by atoms with Crippen molar-refractivity contribution < 1.29 is 23.8 Å². The van der Waals surface area contributed by atoms with Crippen molar-refractivity contribution in [2.75, 3.05) is 37.7 Å². The van der Waals surface area contributed by atoms with Crippen LogP contribution in [0.3, 0.4) is 0 Å². The lowest BCUT2D eigenvalue weighted by Gasteiger charge is -2.13. The van der Waals surface area contributed by atoms with Gasteiger partial charge in [-0.3, -0.25) is 9.59 Å². The molecule has 8 nitrogen and oxygen atoms in total. The zero-order valence-electron chi connectivity index (χ0n) is 20.4. The van der Waals surface area contributed by atoms with E-state index in [0.29, 0.717) is 27.9 Å². The van der Waals surface area contributed by atoms with E-state index >= 15 is 0 Å². The summed E-state index contributed by atoms with van der Waals surface area (Å²) in [5.41, 5.74) is 2.67. The summed E-state index contributed by atoms with van der Waals surface area (Å²) < 4.78 is 15.8. The molecule has 4 aromatic rings. The molecule has 0 unspecified atom stereocenters. The highest BCUT2D eigenvalue weighted by Crippen LogP contribution is 2.30. The number of benzene rings is 3. The minimum Gasteiger partial charge on any atom is -0.497 e. The third-order valence-corrected chi connectivity index (χ3v) is 7.04. The predicted octanol–water partition coefficient (Wildman–Crippen LogP) is 5.82. The van der Waals surface area contributed by atoms with Gasteiger partial charge in [0.2, 0.25) is 5.91 Å². The summed E-state index contributed by atoms with van der Waals surface area (Å²) in [6, 6.07) is 20.0. The van der Waals surface area contributed by atoms with Crippen LogP contribution in [0.5, 0.6) is 17.2 Å². The number of carbonyl (C=O) groups excluding carboxylic acids is 2. The Labute approximate surface area is 223 Å². The van der Waals surface area contributed by atoms with Crippen molar-refractivity contribution in [2.45, 2.75) is 4.90 Å². The molecule has 10 heteroatoms. The third kappa shape index (κ3) is 6.60. The second kappa shape index (κ2) is 12.3. The number of carbonyl (C=O) groups is 2. The van der Waals surface area contributed by atoms with Gasteiger partial charge in [-0.1, -0.05) is 6.07 Å². The fourth-order valence-corrected chi connectivity index (χ4v) is 4.87. The number of aromatic nitrogens is 1. The van der Waals surface area contributed by atoms with E-state index in [1.54, 1.807) is 37.4 Å². The molecule has 0 spiro atoms. The van der Waals surface area contributed by atoms with Crippen molar-refractivity contribution in [1.82, 2.24) is 4.98 Å². The van der Waals surface area contributed by atoms with Gasteiger partial charge in [-0.05, 0) is 60.7 Å². The van der Waals surface area contributed by atoms with Crippen LogP contribution in [0.1, 0.15) is 10.4 Å². The van der Waals surface area contributed by atoms with E-state index in [2.05, 4.69) is 15.6 Å². The van der Waals surface area contributed by atoms with Crippen LogP contribution < -0.4 is 24.8 Å². The van der Waals surface area contributed by atoms with E-state index in [4.69, 9.17) is 14.2 Å². The minimum absolute atomic E-state index is 0.152. The Morgan fingerprint density at radius 1 is 0.865 bits per heavy atom. The first-order valence-corrected chi connectivity index (χ1v) is 13.0.